The van der Waals surface area contributed by atoms with Crippen LogP contribution >= 0.6 is 0 Å². The first-order chi connectivity index (χ1) is 6.68. The topological polar surface area (TPSA) is 128 Å². The van der Waals surface area contributed by atoms with Crippen LogP contribution in [0.25, 0.3) is 5.65 Å². The maximum absolute atomic E-state index is 11.1. The summed E-state index contributed by atoms with van der Waals surface area (Å²) in [4.78, 5) is 25.1. The molecule has 0 bridgehead atoms. The molecule has 3 N–H and O–H groups in total. The van der Waals surface area contributed by atoms with Gasteiger partial charge >= 0.3 is 11.8 Å². The number of nitrogens with zero attached hydrogens (tertiary/aromatic N) is 4. The number of hydrogen-bond acceptors (Lipinski definition) is 6. The summed E-state index contributed by atoms with van der Waals surface area (Å²) in [6, 6.07) is 0. The molecule has 0 radical (unpaired) electrons. The molecule has 72 valence electrons. The van der Waals surface area contributed by atoms with E-state index in [0.29, 0.717) is 0 Å². The highest BCUT2D eigenvalue weighted by atomic mass is 16.6. The third kappa shape index (κ3) is 1.16. The van der Waals surface area contributed by atoms with E-state index in [1.807, 2.05) is 0 Å². The van der Waals surface area contributed by atoms with Crippen molar-refractivity contribution in [2.75, 3.05) is 0 Å². The van der Waals surface area contributed by atoms with E-state index in [2.05, 4.69) is 25.1 Å². The van der Waals surface area contributed by atoms with Crippen molar-refractivity contribution in [1.29, 1.82) is 0 Å². The van der Waals surface area contributed by atoms with Gasteiger partial charge < -0.3 is 10.5 Å². The van der Waals surface area contributed by atoms with Gasteiger partial charge in [-0.1, -0.05) is 5.21 Å². The van der Waals surface area contributed by atoms with E-state index in [1.165, 1.54) is 0 Å². The summed E-state index contributed by atoms with van der Waals surface area (Å²) in [6.45, 7) is 0. The van der Waals surface area contributed by atoms with Gasteiger partial charge in [-0.3, -0.25) is 0 Å². The third-order valence-corrected chi connectivity index (χ3v) is 1.42. The Balaban J connectivity index is 2.64. The highest BCUT2D eigenvalue weighted by Gasteiger charge is 2.11. The van der Waals surface area contributed by atoms with Gasteiger partial charge in [0.05, 0.1) is 0 Å². The average molecular weight is 196 g/mol. The van der Waals surface area contributed by atoms with Crippen LogP contribution in [0.15, 0.2) is 11.1 Å². The number of H-pyrrole nitrogens is 1. The Morgan fingerprint density at radius 2 is 2.43 bits per heavy atom. The lowest BCUT2D eigenvalue weighted by Crippen LogP contribution is -2.19. The second-order valence-corrected chi connectivity index (χ2v) is 2.28. The number of carbonyl (C=O) groups excluding carboxylic acids is 1. The predicted octanol–water partition coefficient (Wildman–Crippen LogP) is -1.73. The molecule has 0 saturated carbocycles. The number of nitrogens with two attached hydrogens (primary N) is 1. The highest BCUT2D eigenvalue weighted by molar-refractivity contribution is 5.70. The molecular formula is C5H4N6O3. The van der Waals surface area contributed by atoms with Crippen LogP contribution in [0.3, 0.4) is 0 Å². The van der Waals surface area contributed by atoms with E-state index in [1.54, 1.807) is 0 Å². The molecule has 0 aliphatic heterocycles. The van der Waals surface area contributed by atoms with E-state index >= 15 is 0 Å². The first kappa shape index (κ1) is 8.16. The van der Waals surface area contributed by atoms with Crippen LogP contribution in [-0.4, -0.2) is 30.9 Å². The lowest BCUT2D eigenvalue weighted by molar-refractivity contribution is 0.209. The van der Waals surface area contributed by atoms with Crippen molar-refractivity contribution >= 4 is 11.7 Å². The molecule has 14 heavy (non-hydrogen) atoms. The first-order valence-corrected chi connectivity index (χ1v) is 3.44. The number of hydrogen-bond donors (Lipinski definition) is 2. The molecule has 2 aromatic heterocycles. The number of amides is 1. The van der Waals surface area contributed by atoms with Crippen LogP contribution in [0.5, 0.6) is 5.88 Å². The maximum atomic E-state index is 11.1. The third-order valence-electron chi connectivity index (χ3n) is 1.42. The molecule has 0 fully saturated rings. The Morgan fingerprint density at radius 1 is 1.64 bits per heavy atom. The predicted molar refractivity (Wildman–Crippen MR) is 41.6 cm³/mol. The zero-order chi connectivity index (χ0) is 10.1. The molecule has 0 unspecified atom stereocenters. The van der Waals surface area contributed by atoms with Gasteiger partial charge in [0, 0.05) is 0 Å². The number of aromatic amines is 1. The normalized spacial score (nSPS) is 10.3. The highest BCUT2D eigenvalue weighted by Crippen LogP contribution is 2.11. The fourth-order valence-corrected chi connectivity index (χ4v) is 0.901. The second kappa shape index (κ2) is 2.80. The SMILES string of the molecule is NC(=O)Oc1ncn2c(=O)[nH]nnc12. The van der Waals surface area contributed by atoms with Crippen molar-refractivity contribution in [1.82, 2.24) is 24.8 Å². The molecule has 9 nitrogen and oxygen atoms in total. The van der Waals surface area contributed by atoms with Crippen LogP contribution < -0.4 is 16.2 Å². The summed E-state index contributed by atoms with van der Waals surface area (Å²) in [5.41, 5.74) is 4.25. The van der Waals surface area contributed by atoms with Crippen LogP contribution in [-0.2, 0) is 0 Å². The summed E-state index contributed by atoms with van der Waals surface area (Å²) >= 11 is 0. The Hall–Kier alpha value is -2.45. The minimum Gasteiger partial charge on any atom is -0.387 e. The number of ether oxygens (including phenoxy) is 1. The minimum absolute atomic E-state index is 0.0209. The number of fused-ring (bicyclic) bond motifs is 1. The molecule has 0 aliphatic carbocycles. The quantitative estimate of drug-likeness (QED) is 0.557. The van der Waals surface area contributed by atoms with Gasteiger partial charge in [0.1, 0.15) is 6.33 Å². The fraction of sp³-hybridized carbons (Fsp3) is 0. The average Bonchev–Trinajstić information content (AvgIpc) is 2.49. The van der Waals surface area contributed by atoms with Crippen molar-refractivity contribution in [3.05, 3.63) is 16.8 Å². The first-order valence-electron chi connectivity index (χ1n) is 3.44. The molecule has 0 atom stereocenters. The lowest BCUT2D eigenvalue weighted by Gasteiger charge is -1.93. The monoisotopic (exact) mass is 196 g/mol. The van der Waals surface area contributed by atoms with Gasteiger partial charge in [-0.15, -0.1) is 5.10 Å². The zero-order valence-electron chi connectivity index (χ0n) is 6.67. The standard InChI is InChI=1S/C5H4N6O3/c6-4(12)14-3-2-8-10-9-5(13)11(2)1-7-3/h1H,(H2,6,12)(H,8,9,13). The molecule has 0 saturated heterocycles. The number of nitrogens with one attached hydrogen (secondary N) is 1. The molecule has 2 heterocycles. The van der Waals surface area contributed by atoms with Crippen LogP contribution in [0.4, 0.5) is 4.79 Å². The maximum Gasteiger partial charge on any atom is 0.411 e. The zero-order valence-corrected chi connectivity index (χ0v) is 6.67. The van der Waals surface area contributed by atoms with Crippen LogP contribution in [0, 0.1) is 0 Å². The largest absolute Gasteiger partial charge is 0.411 e. The Bertz CT molecular complexity index is 542. The summed E-state index contributed by atoms with van der Waals surface area (Å²) in [5.74, 6) is -0.156. The van der Waals surface area contributed by atoms with E-state index in [0.717, 1.165) is 10.7 Å². The van der Waals surface area contributed by atoms with E-state index < -0.39 is 11.8 Å². The molecule has 0 aromatic carbocycles. The van der Waals surface area contributed by atoms with Crippen molar-refractivity contribution in [3.8, 4) is 5.88 Å². The van der Waals surface area contributed by atoms with Gasteiger partial charge in [-0.05, 0) is 0 Å². The molecule has 2 aromatic rings. The Morgan fingerprint density at radius 3 is 3.14 bits per heavy atom. The molecule has 2 rings (SSSR count). The lowest BCUT2D eigenvalue weighted by atomic mass is 10.7. The molecule has 0 aliphatic rings. The van der Waals surface area contributed by atoms with E-state index in [-0.39, 0.29) is 11.5 Å². The summed E-state index contributed by atoms with van der Waals surface area (Å²) < 4.78 is 5.51. The van der Waals surface area contributed by atoms with Gasteiger partial charge in [0.25, 0.3) is 5.88 Å². The van der Waals surface area contributed by atoms with Gasteiger partial charge in [0.15, 0.2) is 0 Å². The Labute approximate surface area is 75.5 Å². The molecular weight excluding hydrogens is 192 g/mol. The second-order valence-electron chi connectivity index (χ2n) is 2.28. The van der Waals surface area contributed by atoms with Gasteiger partial charge in [-0.2, -0.15) is 4.98 Å². The van der Waals surface area contributed by atoms with E-state index in [4.69, 9.17) is 5.73 Å². The number of aromatic nitrogens is 5. The smallest absolute Gasteiger partial charge is 0.387 e. The number of rotatable bonds is 1. The number of carbonyl (C=O) groups is 1. The van der Waals surface area contributed by atoms with Crippen molar-refractivity contribution in [3.63, 3.8) is 0 Å². The fourth-order valence-electron chi connectivity index (χ4n) is 0.901. The minimum atomic E-state index is -1.03. The number of imidazole rings is 1. The molecule has 1 amide bonds. The van der Waals surface area contributed by atoms with Crippen molar-refractivity contribution in [2.24, 2.45) is 5.73 Å². The van der Waals surface area contributed by atoms with Gasteiger partial charge in [0.2, 0.25) is 5.65 Å². The van der Waals surface area contributed by atoms with Crippen LogP contribution in [0.1, 0.15) is 0 Å². The molecule has 0 spiro atoms. The van der Waals surface area contributed by atoms with Gasteiger partial charge in [-0.25, -0.2) is 19.1 Å². The van der Waals surface area contributed by atoms with Crippen molar-refractivity contribution in [2.45, 2.75) is 0 Å². The van der Waals surface area contributed by atoms with Crippen molar-refractivity contribution < 1.29 is 9.53 Å². The number of primary amides is 1. The Kier molecular flexibility index (Phi) is 1.63. The summed E-state index contributed by atoms with van der Waals surface area (Å²) in [7, 11) is 0. The summed E-state index contributed by atoms with van der Waals surface area (Å²) in [6.07, 6.45) is 0.105. The van der Waals surface area contributed by atoms with Crippen LogP contribution in [0.2, 0.25) is 0 Å². The molecule has 9 heteroatoms. The van der Waals surface area contributed by atoms with E-state index in [9.17, 15) is 9.59 Å². The summed E-state index contributed by atoms with van der Waals surface area (Å²) in [5, 5.41) is 8.86.